The van der Waals surface area contributed by atoms with Crippen LogP contribution in [0.4, 0.5) is 4.39 Å². The van der Waals surface area contributed by atoms with Gasteiger partial charge in [-0.25, -0.2) is 4.39 Å². The van der Waals surface area contributed by atoms with Gasteiger partial charge in [0.25, 0.3) is 0 Å². The molecule has 2 bridgehead atoms. The Morgan fingerprint density at radius 1 is 1.11 bits per heavy atom. The van der Waals surface area contributed by atoms with Crippen LogP contribution < -0.4 is 4.74 Å². The van der Waals surface area contributed by atoms with Gasteiger partial charge in [-0.2, -0.15) is 0 Å². The van der Waals surface area contributed by atoms with Gasteiger partial charge in [0, 0.05) is 17.8 Å². The number of hydrogen-bond acceptors (Lipinski definition) is 5. The monoisotopic (exact) mass is 492 g/mol. The molecule has 1 saturated carbocycles. The maximum absolute atomic E-state index is 13.1. The minimum Gasteiger partial charge on any atom is -0.485 e. The number of carbonyl (C=O) groups is 2. The molecule has 2 aromatic carbocycles. The molecule has 0 N–H and O–H groups in total. The lowest BCUT2D eigenvalue weighted by molar-refractivity contribution is -0.140. The Hall–Kier alpha value is -3.25. The van der Waals surface area contributed by atoms with E-state index in [2.05, 4.69) is 36.4 Å². The molecule has 6 heteroatoms. The molecule has 1 heterocycles. The Balaban J connectivity index is 1.42. The molecule has 1 aliphatic carbocycles. The Kier molecular flexibility index (Phi) is 8.70. The lowest BCUT2D eigenvalue weighted by Crippen LogP contribution is -2.39. The molecule has 4 atom stereocenters. The second-order valence-electron chi connectivity index (χ2n) is 9.50. The second kappa shape index (κ2) is 12.1. The van der Waals surface area contributed by atoms with Crippen LogP contribution in [0.2, 0.25) is 0 Å². The summed E-state index contributed by atoms with van der Waals surface area (Å²) in [4.78, 5) is 23.9. The first-order valence-electron chi connectivity index (χ1n) is 12.5. The average molecular weight is 493 g/mol. The van der Waals surface area contributed by atoms with Crippen molar-refractivity contribution in [1.29, 1.82) is 0 Å². The molecule has 2 fully saturated rings. The van der Waals surface area contributed by atoms with Gasteiger partial charge in [-0.1, -0.05) is 48.6 Å². The van der Waals surface area contributed by atoms with Gasteiger partial charge in [0.2, 0.25) is 0 Å². The van der Waals surface area contributed by atoms with Crippen LogP contribution >= 0.6 is 0 Å². The SMILES string of the molecule is COC(=O)CCC/C=C\C[C@H]1[C@H](/C=C/C(=O)COc2ccc(F)cc2)[C@@H]2C[C@@]1(c1ccccc1)CO2. The highest BCUT2D eigenvalue weighted by atomic mass is 19.1. The molecule has 0 aromatic heterocycles. The summed E-state index contributed by atoms with van der Waals surface area (Å²) in [6.45, 7) is 0.573. The van der Waals surface area contributed by atoms with E-state index in [4.69, 9.17) is 14.2 Å². The van der Waals surface area contributed by atoms with E-state index in [0.717, 1.165) is 25.7 Å². The van der Waals surface area contributed by atoms with Gasteiger partial charge in [-0.15, -0.1) is 0 Å². The van der Waals surface area contributed by atoms with E-state index in [1.807, 2.05) is 12.1 Å². The fourth-order valence-electron chi connectivity index (χ4n) is 5.47. The first kappa shape index (κ1) is 25.8. The number of ketones is 1. The normalized spacial score (nSPS) is 25.0. The van der Waals surface area contributed by atoms with Crippen LogP contribution in [0.15, 0.2) is 78.9 Å². The van der Waals surface area contributed by atoms with Gasteiger partial charge < -0.3 is 14.2 Å². The Morgan fingerprint density at radius 3 is 2.64 bits per heavy atom. The standard InChI is InChI=1S/C30H33FO5/c1-34-29(33)12-8-3-2-7-11-27-26(18-15-24(32)20-35-25-16-13-23(31)14-17-25)28-19-30(27,21-36-28)22-9-5-4-6-10-22/h2,4-7,9-10,13-18,26-28H,3,8,11-12,19-21H2,1H3/b7-2-,18-15+/t26-,27-,28-,30-/m0/s1. The lowest BCUT2D eigenvalue weighted by atomic mass is 9.69. The summed E-state index contributed by atoms with van der Waals surface area (Å²) in [6, 6.07) is 16.1. The molecule has 0 unspecified atom stereocenters. The first-order chi connectivity index (χ1) is 17.5. The smallest absolute Gasteiger partial charge is 0.305 e. The molecular weight excluding hydrogens is 459 g/mol. The zero-order valence-corrected chi connectivity index (χ0v) is 20.6. The van der Waals surface area contributed by atoms with Crippen LogP contribution in [-0.4, -0.2) is 38.2 Å². The number of hydrogen-bond donors (Lipinski definition) is 0. The molecule has 2 aliphatic rings. The number of unbranched alkanes of at least 4 members (excludes halogenated alkanes) is 1. The molecule has 5 nitrogen and oxygen atoms in total. The number of methoxy groups -OCH3 is 1. The molecule has 4 rings (SSSR count). The fraction of sp³-hybridized carbons (Fsp3) is 0.400. The Morgan fingerprint density at radius 2 is 1.89 bits per heavy atom. The number of allylic oxidation sites excluding steroid dienone is 2. The van der Waals surface area contributed by atoms with E-state index in [-0.39, 0.29) is 47.5 Å². The van der Waals surface area contributed by atoms with Gasteiger partial charge >= 0.3 is 5.97 Å². The summed E-state index contributed by atoms with van der Waals surface area (Å²) >= 11 is 0. The summed E-state index contributed by atoms with van der Waals surface area (Å²) in [5.41, 5.74) is 1.18. The first-order valence-corrected chi connectivity index (χ1v) is 12.5. The third kappa shape index (κ3) is 6.11. The number of ether oxygens (including phenoxy) is 3. The minimum atomic E-state index is -0.347. The van der Waals surface area contributed by atoms with E-state index in [9.17, 15) is 14.0 Å². The average Bonchev–Trinajstić information content (AvgIpc) is 3.47. The molecule has 0 spiro atoms. The summed E-state index contributed by atoms with van der Waals surface area (Å²) in [5, 5.41) is 0. The third-order valence-electron chi connectivity index (χ3n) is 7.31. The predicted molar refractivity (Wildman–Crippen MR) is 135 cm³/mol. The van der Waals surface area contributed by atoms with Crippen LogP contribution in [0.25, 0.3) is 0 Å². The van der Waals surface area contributed by atoms with Crippen molar-refractivity contribution in [2.24, 2.45) is 11.8 Å². The van der Waals surface area contributed by atoms with Crippen LogP contribution in [0.5, 0.6) is 5.75 Å². The van der Waals surface area contributed by atoms with Crippen molar-refractivity contribution >= 4 is 11.8 Å². The summed E-state index contributed by atoms with van der Waals surface area (Å²) in [6.07, 6.45) is 11.8. The van der Waals surface area contributed by atoms with Gasteiger partial charge in [-0.05, 0) is 67.5 Å². The van der Waals surface area contributed by atoms with Crippen LogP contribution in [0.3, 0.4) is 0 Å². The zero-order valence-electron chi connectivity index (χ0n) is 20.6. The second-order valence-corrected chi connectivity index (χ2v) is 9.50. The minimum absolute atomic E-state index is 0.0602. The molecule has 1 aliphatic heterocycles. The Bertz CT molecular complexity index is 1080. The van der Waals surface area contributed by atoms with Crippen LogP contribution in [0.1, 0.15) is 37.7 Å². The topological polar surface area (TPSA) is 61.8 Å². The molecular formula is C30H33FO5. The molecule has 190 valence electrons. The molecule has 1 saturated heterocycles. The maximum atomic E-state index is 13.1. The number of carbonyl (C=O) groups excluding carboxylic acids is 2. The maximum Gasteiger partial charge on any atom is 0.305 e. The van der Waals surface area contributed by atoms with Crippen LogP contribution in [0, 0.1) is 17.7 Å². The van der Waals surface area contributed by atoms with E-state index < -0.39 is 0 Å². The highest BCUT2D eigenvalue weighted by Crippen LogP contribution is 2.56. The van der Waals surface area contributed by atoms with Gasteiger partial charge in [-0.3, -0.25) is 9.59 Å². The van der Waals surface area contributed by atoms with Crippen molar-refractivity contribution in [3.8, 4) is 5.75 Å². The van der Waals surface area contributed by atoms with Crippen molar-refractivity contribution < 1.29 is 28.2 Å². The van der Waals surface area contributed by atoms with Gasteiger partial charge in [0.15, 0.2) is 12.4 Å². The number of benzene rings is 2. The lowest BCUT2D eigenvalue weighted by Gasteiger charge is -2.38. The highest BCUT2D eigenvalue weighted by Gasteiger charge is 2.58. The molecule has 36 heavy (non-hydrogen) atoms. The van der Waals surface area contributed by atoms with Crippen molar-refractivity contribution in [2.45, 2.75) is 43.6 Å². The molecule has 0 amide bonds. The zero-order chi connectivity index (χ0) is 25.4. The van der Waals surface area contributed by atoms with Crippen molar-refractivity contribution in [2.75, 3.05) is 20.3 Å². The van der Waals surface area contributed by atoms with E-state index in [0.29, 0.717) is 18.8 Å². The third-order valence-corrected chi connectivity index (χ3v) is 7.31. The van der Waals surface area contributed by atoms with Crippen LogP contribution in [-0.2, 0) is 24.5 Å². The van der Waals surface area contributed by atoms with Gasteiger partial charge in [0.1, 0.15) is 11.6 Å². The number of esters is 1. The van der Waals surface area contributed by atoms with E-state index in [1.54, 1.807) is 6.08 Å². The van der Waals surface area contributed by atoms with Crippen molar-refractivity contribution in [1.82, 2.24) is 0 Å². The fourth-order valence-corrected chi connectivity index (χ4v) is 5.47. The van der Waals surface area contributed by atoms with Crippen molar-refractivity contribution in [3.63, 3.8) is 0 Å². The molecule has 0 radical (unpaired) electrons. The quantitative estimate of drug-likeness (QED) is 0.167. The predicted octanol–water partition coefficient (Wildman–Crippen LogP) is 5.59. The number of rotatable bonds is 12. The summed E-state index contributed by atoms with van der Waals surface area (Å²) < 4.78 is 29.5. The number of fused-ring (bicyclic) bond motifs is 2. The number of halogens is 1. The van der Waals surface area contributed by atoms with Crippen molar-refractivity contribution in [3.05, 3.63) is 90.3 Å². The Labute approximate surface area is 211 Å². The van der Waals surface area contributed by atoms with E-state index >= 15 is 0 Å². The summed E-state index contributed by atoms with van der Waals surface area (Å²) in [7, 11) is 1.41. The molecule has 2 aromatic rings. The van der Waals surface area contributed by atoms with Gasteiger partial charge in [0.05, 0.1) is 19.8 Å². The summed E-state index contributed by atoms with van der Waals surface area (Å²) in [5.74, 6) is 0.175. The largest absolute Gasteiger partial charge is 0.485 e. The van der Waals surface area contributed by atoms with E-state index in [1.165, 1.54) is 36.9 Å². The highest BCUT2D eigenvalue weighted by molar-refractivity contribution is 5.91.